The van der Waals surface area contributed by atoms with Gasteiger partial charge in [0.15, 0.2) is 5.82 Å². The summed E-state index contributed by atoms with van der Waals surface area (Å²) in [5, 5.41) is 16.5. The third kappa shape index (κ3) is 3.94. The molecule has 0 saturated heterocycles. The first-order valence-electron chi connectivity index (χ1n) is 8.03. The van der Waals surface area contributed by atoms with Crippen molar-refractivity contribution in [3.8, 4) is 0 Å². The SMILES string of the molecule is CNc1cc(C)nc(Nc2ccc(C)c(C(=O)Nc3cn(C)nn3)c2)n1. The van der Waals surface area contributed by atoms with Crippen molar-refractivity contribution < 1.29 is 4.79 Å². The summed E-state index contributed by atoms with van der Waals surface area (Å²) in [4.78, 5) is 21.3. The number of aromatic nitrogens is 5. The number of rotatable bonds is 5. The minimum atomic E-state index is -0.257. The van der Waals surface area contributed by atoms with E-state index in [9.17, 15) is 4.79 Å². The van der Waals surface area contributed by atoms with E-state index in [0.717, 1.165) is 11.3 Å². The van der Waals surface area contributed by atoms with Gasteiger partial charge in [0.05, 0.1) is 6.20 Å². The van der Waals surface area contributed by atoms with E-state index in [2.05, 4.69) is 36.2 Å². The van der Waals surface area contributed by atoms with Crippen LogP contribution in [-0.2, 0) is 7.05 Å². The molecule has 0 saturated carbocycles. The molecule has 0 fully saturated rings. The zero-order valence-electron chi connectivity index (χ0n) is 15.0. The van der Waals surface area contributed by atoms with Gasteiger partial charge in [-0.1, -0.05) is 11.3 Å². The fourth-order valence-corrected chi connectivity index (χ4v) is 2.41. The quantitative estimate of drug-likeness (QED) is 0.646. The summed E-state index contributed by atoms with van der Waals surface area (Å²) in [5.41, 5.74) is 2.92. The van der Waals surface area contributed by atoms with E-state index in [1.54, 1.807) is 26.4 Å². The average Bonchev–Trinajstić information content (AvgIpc) is 3.00. The Kier molecular flexibility index (Phi) is 4.78. The van der Waals surface area contributed by atoms with Crippen LogP contribution < -0.4 is 16.0 Å². The molecule has 0 radical (unpaired) electrons. The molecule has 9 nitrogen and oxygen atoms in total. The molecule has 0 bridgehead atoms. The largest absolute Gasteiger partial charge is 0.373 e. The molecule has 26 heavy (non-hydrogen) atoms. The molecule has 0 atom stereocenters. The molecule has 2 aromatic heterocycles. The van der Waals surface area contributed by atoms with Crippen molar-refractivity contribution in [1.82, 2.24) is 25.0 Å². The van der Waals surface area contributed by atoms with Gasteiger partial charge >= 0.3 is 0 Å². The number of carbonyl (C=O) groups is 1. The molecule has 0 aliphatic rings. The van der Waals surface area contributed by atoms with Crippen molar-refractivity contribution >= 4 is 29.2 Å². The Morgan fingerprint density at radius 3 is 2.62 bits per heavy atom. The topological polar surface area (TPSA) is 110 Å². The van der Waals surface area contributed by atoms with Crippen LogP contribution in [0.5, 0.6) is 0 Å². The summed E-state index contributed by atoms with van der Waals surface area (Å²) in [6.07, 6.45) is 1.63. The Labute approximate surface area is 150 Å². The highest BCUT2D eigenvalue weighted by atomic mass is 16.1. The Hall–Kier alpha value is -3.49. The first kappa shape index (κ1) is 17.3. The number of amides is 1. The fourth-order valence-electron chi connectivity index (χ4n) is 2.41. The first-order chi connectivity index (χ1) is 12.4. The van der Waals surface area contributed by atoms with Crippen molar-refractivity contribution in [3.63, 3.8) is 0 Å². The van der Waals surface area contributed by atoms with Gasteiger partial charge in [0, 0.05) is 37.1 Å². The van der Waals surface area contributed by atoms with Crippen molar-refractivity contribution in [2.24, 2.45) is 7.05 Å². The van der Waals surface area contributed by atoms with Crippen molar-refractivity contribution in [2.45, 2.75) is 13.8 Å². The fraction of sp³-hybridized carbons (Fsp3) is 0.235. The maximum Gasteiger partial charge on any atom is 0.257 e. The van der Waals surface area contributed by atoms with Crippen LogP contribution in [0.1, 0.15) is 21.6 Å². The monoisotopic (exact) mass is 352 g/mol. The second-order valence-electron chi connectivity index (χ2n) is 5.85. The number of carbonyl (C=O) groups excluding carboxylic acids is 1. The number of benzene rings is 1. The van der Waals surface area contributed by atoms with Gasteiger partial charge in [-0.15, -0.1) is 5.10 Å². The molecular formula is C17H20N8O. The van der Waals surface area contributed by atoms with E-state index in [0.29, 0.717) is 28.8 Å². The van der Waals surface area contributed by atoms with Gasteiger partial charge in [-0.05, 0) is 31.5 Å². The minimum Gasteiger partial charge on any atom is -0.373 e. The summed E-state index contributed by atoms with van der Waals surface area (Å²) in [6.45, 7) is 3.76. The van der Waals surface area contributed by atoms with Gasteiger partial charge in [0.2, 0.25) is 5.95 Å². The lowest BCUT2D eigenvalue weighted by atomic mass is 10.1. The Bertz CT molecular complexity index is 950. The molecule has 134 valence electrons. The molecular weight excluding hydrogens is 332 g/mol. The van der Waals surface area contributed by atoms with Crippen molar-refractivity contribution in [3.05, 3.63) is 47.3 Å². The van der Waals surface area contributed by atoms with Crippen LogP contribution in [0.15, 0.2) is 30.5 Å². The number of anilines is 4. The summed E-state index contributed by atoms with van der Waals surface area (Å²) in [7, 11) is 3.53. The standard InChI is InChI=1S/C17H20N8O/c1-10-5-6-12(20-17-19-11(2)7-14(18-3)22-17)8-13(10)16(26)21-15-9-25(4)24-23-15/h5-9H,1-4H3,(H,21,26)(H2,18,19,20,22). The summed E-state index contributed by atoms with van der Waals surface area (Å²) in [6, 6.07) is 7.34. The zero-order valence-corrected chi connectivity index (χ0v) is 15.0. The number of aryl methyl sites for hydroxylation is 3. The maximum atomic E-state index is 12.5. The van der Waals surface area contributed by atoms with Crippen LogP contribution in [0.25, 0.3) is 0 Å². The number of nitrogens with one attached hydrogen (secondary N) is 3. The summed E-state index contributed by atoms with van der Waals surface area (Å²) in [5.74, 6) is 1.31. The van der Waals surface area contributed by atoms with Crippen LogP contribution in [-0.4, -0.2) is 37.9 Å². The number of hydrogen-bond donors (Lipinski definition) is 3. The van der Waals surface area contributed by atoms with Crippen LogP contribution in [0, 0.1) is 13.8 Å². The lowest BCUT2D eigenvalue weighted by molar-refractivity contribution is 0.102. The van der Waals surface area contributed by atoms with Gasteiger partial charge in [0.1, 0.15) is 5.82 Å². The molecule has 3 N–H and O–H groups in total. The second-order valence-corrected chi connectivity index (χ2v) is 5.85. The highest BCUT2D eigenvalue weighted by Gasteiger charge is 2.13. The Balaban J connectivity index is 1.83. The summed E-state index contributed by atoms with van der Waals surface area (Å²) < 4.78 is 1.52. The molecule has 3 rings (SSSR count). The Morgan fingerprint density at radius 1 is 1.12 bits per heavy atom. The van der Waals surface area contributed by atoms with E-state index in [1.165, 1.54) is 4.68 Å². The third-order valence-corrected chi connectivity index (χ3v) is 3.69. The number of hydrogen-bond acceptors (Lipinski definition) is 7. The molecule has 0 spiro atoms. The smallest absolute Gasteiger partial charge is 0.257 e. The normalized spacial score (nSPS) is 10.5. The third-order valence-electron chi connectivity index (χ3n) is 3.69. The van der Waals surface area contributed by atoms with Gasteiger partial charge in [-0.25, -0.2) is 4.98 Å². The van der Waals surface area contributed by atoms with Crippen LogP contribution >= 0.6 is 0 Å². The molecule has 0 unspecified atom stereocenters. The molecule has 1 aromatic carbocycles. The lowest BCUT2D eigenvalue weighted by Crippen LogP contribution is -2.14. The van der Waals surface area contributed by atoms with Gasteiger partial charge in [-0.2, -0.15) is 4.98 Å². The molecule has 1 amide bonds. The predicted molar refractivity (Wildman–Crippen MR) is 99.7 cm³/mol. The molecule has 0 aliphatic carbocycles. The minimum absolute atomic E-state index is 0.257. The van der Waals surface area contributed by atoms with E-state index < -0.39 is 0 Å². The van der Waals surface area contributed by atoms with Crippen molar-refractivity contribution in [1.29, 1.82) is 0 Å². The molecule has 2 heterocycles. The van der Waals surface area contributed by atoms with Gasteiger partial charge in [0.25, 0.3) is 5.91 Å². The van der Waals surface area contributed by atoms with Gasteiger partial charge in [-0.3, -0.25) is 9.48 Å². The van der Waals surface area contributed by atoms with E-state index in [4.69, 9.17) is 0 Å². The maximum absolute atomic E-state index is 12.5. The summed E-state index contributed by atoms with van der Waals surface area (Å²) >= 11 is 0. The Morgan fingerprint density at radius 2 is 1.92 bits per heavy atom. The van der Waals surface area contributed by atoms with Gasteiger partial charge < -0.3 is 16.0 Å². The molecule has 0 aliphatic heterocycles. The zero-order chi connectivity index (χ0) is 18.7. The van der Waals surface area contributed by atoms with Crippen LogP contribution in [0.3, 0.4) is 0 Å². The first-order valence-corrected chi connectivity index (χ1v) is 8.03. The van der Waals surface area contributed by atoms with Crippen LogP contribution in [0.4, 0.5) is 23.3 Å². The highest BCUT2D eigenvalue weighted by Crippen LogP contribution is 2.20. The van der Waals surface area contributed by atoms with E-state index >= 15 is 0 Å². The van der Waals surface area contributed by atoms with E-state index in [-0.39, 0.29) is 5.91 Å². The number of nitrogens with zero attached hydrogens (tertiary/aromatic N) is 5. The highest BCUT2D eigenvalue weighted by molar-refractivity contribution is 6.05. The van der Waals surface area contributed by atoms with Crippen molar-refractivity contribution in [2.75, 3.05) is 23.0 Å². The van der Waals surface area contributed by atoms with Crippen LogP contribution in [0.2, 0.25) is 0 Å². The predicted octanol–water partition coefficient (Wildman–Crippen LogP) is 2.26. The second kappa shape index (κ2) is 7.18. The molecule has 3 aromatic rings. The average molecular weight is 352 g/mol. The lowest BCUT2D eigenvalue weighted by Gasteiger charge is -2.11. The molecule has 9 heteroatoms. The van der Waals surface area contributed by atoms with E-state index in [1.807, 2.05) is 32.0 Å².